The third kappa shape index (κ3) is 21.1. The number of carbonyl (C=O) groups excluding carboxylic acids is 4. The van der Waals surface area contributed by atoms with Gasteiger partial charge in [0, 0.05) is 62.1 Å². The SMILES string of the molecule is C=C1NC(=O)C=CN1[C@@H]1O[C@H](CCP(=C)(C)C)[C@@H](O)[C@H]1Br.C=C1NC(=O)C=CN1[C@@H]1O[C@H](CCP(=C)(C)C)[C@@H](O)[C@H]1C.C=C1NC(=O)C=CN1[C@@H]1O[C@H](CCP(=C)(C)C)[C@@H](O)[C@H]1I.C=C1NC(=O)C=CN1[C@@H]1O[C@H](CCP(=C)(C)C)[C@@H](O)[C@H]1OC. The van der Waals surface area contributed by atoms with Gasteiger partial charge in [0.1, 0.15) is 47.9 Å². The van der Waals surface area contributed by atoms with Crippen LogP contribution in [-0.2, 0) is 42.9 Å². The standard InChI is InChI=1S/C15H25N2O4P.C15H25N2O3P.C14H22BrN2O3P.C14H22IN2O3P/c1-10-16-12(18)6-8-17(10)15-14(20-2)13(19)11(21-15)7-9-22(3,4)5;1-10-14(19)12(7-9-21(3,4)5)20-15(10)17-8-6-13(18)16-11(17)2;2*1-9-16-11(18)5-7-17(9)14-12(15)13(19)10(20-14)6-8-21(2,3)4/h6,8,11,13-15,19H,1,3,7,9H2,2,4-5H3,(H,16,18);6,8,10,12,14-15,19H,2-3,7,9H2,1,4-5H3,(H,16,18);2*5,7,10,12-14,19H,1-2,6,8H2,3-4H3,(H,16,18)/t11-,13-,14-,15-;10-,12-,14+,15-;2*10-,12-,13-,14-/m1111/s1. The molecule has 8 heterocycles. The molecule has 4 saturated heterocycles. The first kappa shape index (κ1) is 72.8. The molecule has 0 aromatic carbocycles. The molecule has 0 unspecified atom stereocenters. The van der Waals surface area contributed by atoms with Crippen LogP contribution in [0.1, 0.15) is 32.6 Å². The fourth-order valence-corrected chi connectivity index (χ4v) is 15.5. The lowest BCUT2D eigenvalue weighted by molar-refractivity contribution is -0.119. The van der Waals surface area contributed by atoms with Crippen molar-refractivity contribution in [2.45, 2.75) is 121 Å². The molecule has 8 N–H and O–H groups in total. The van der Waals surface area contributed by atoms with Gasteiger partial charge in [0.15, 0.2) is 12.5 Å². The molecule has 27 heteroatoms. The highest BCUT2D eigenvalue weighted by Crippen LogP contribution is 2.44. The van der Waals surface area contributed by atoms with Crippen LogP contribution in [0.15, 0.2) is 98.7 Å². The van der Waals surface area contributed by atoms with Crippen molar-refractivity contribution >= 4 is 115 Å². The van der Waals surface area contributed by atoms with E-state index in [1.165, 1.54) is 24.3 Å². The molecule has 0 radical (unpaired) electrons. The van der Waals surface area contributed by atoms with Crippen molar-refractivity contribution in [1.29, 1.82) is 0 Å². The number of alkyl halides is 2. The summed E-state index contributed by atoms with van der Waals surface area (Å²) in [5.41, 5.74) is 0. The molecule has 0 bridgehead atoms. The van der Waals surface area contributed by atoms with Crippen LogP contribution < -0.4 is 21.3 Å². The maximum Gasteiger partial charge on any atom is 0.250 e. The molecule has 0 aromatic rings. The van der Waals surface area contributed by atoms with Crippen LogP contribution in [0.5, 0.6) is 0 Å². The van der Waals surface area contributed by atoms with Crippen LogP contribution in [-0.4, -0.2) is 263 Å². The number of nitrogens with one attached hydrogen (secondary N) is 4. The Labute approximate surface area is 526 Å². The monoisotopic (exact) mass is 1440 g/mol. The van der Waals surface area contributed by atoms with Gasteiger partial charge in [-0.2, -0.15) is 0 Å². The molecule has 85 heavy (non-hydrogen) atoms. The quantitative estimate of drug-likeness (QED) is 0.0564. The number of rotatable bonds is 17. The Morgan fingerprint density at radius 2 is 0.776 bits per heavy atom. The Morgan fingerprint density at radius 3 is 1.13 bits per heavy atom. The van der Waals surface area contributed by atoms with E-state index in [0.29, 0.717) is 23.3 Å². The minimum absolute atomic E-state index is 0.0577. The molecule has 16 atom stereocenters. The highest BCUT2D eigenvalue weighted by Gasteiger charge is 2.49. The number of methoxy groups -OCH3 is 1. The van der Waals surface area contributed by atoms with E-state index in [9.17, 15) is 39.6 Å². The first-order chi connectivity index (χ1) is 39.3. The molecule has 478 valence electrons. The highest BCUT2D eigenvalue weighted by atomic mass is 127. The van der Waals surface area contributed by atoms with Gasteiger partial charge in [-0.15, -0.1) is 52.7 Å². The fourth-order valence-electron chi connectivity index (χ4n) is 10.0. The molecular weight excluding hydrogens is 1350 g/mol. The number of aliphatic hydroxyl groups excluding tert-OH is 4. The number of aliphatic hydroxyl groups is 4. The van der Waals surface area contributed by atoms with Crippen molar-refractivity contribution in [1.82, 2.24) is 40.9 Å². The Hall–Kier alpha value is -2.95. The number of amides is 4. The summed E-state index contributed by atoms with van der Waals surface area (Å²) in [5, 5.41) is 52.1. The molecule has 8 aliphatic heterocycles. The smallest absolute Gasteiger partial charge is 0.250 e. The second kappa shape index (κ2) is 30.7. The normalized spacial score (nSPS) is 33.2. The van der Waals surface area contributed by atoms with Crippen LogP contribution in [0, 0.1) is 5.92 Å². The van der Waals surface area contributed by atoms with Gasteiger partial charge in [-0.1, -0.05) is 71.8 Å². The van der Waals surface area contributed by atoms with Crippen molar-refractivity contribution in [3.8, 4) is 0 Å². The van der Waals surface area contributed by atoms with E-state index in [2.05, 4.69) is 165 Å². The maximum atomic E-state index is 11.3. The summed E-state index contributed by atoms with van der Waals surface area (Å²) >= 11 is 5.70. The van der Waals surface area contributed by atoms with E-state index in [0.717, 1.165) is 50.3 Å². The third-order valence-electron chi connectivity index (χ3n) is 14.9. The van der Waals surface area contributed by atoms with Gasteiger partial charge in [-0.25, -0.2) is 0 Å². The average molecular weight is 1440 g/mol. The summed E-state index contributed by atoms with van der Waals surface area (Å²) in [7, 11) is 1.54. The van der Waals surface area contributed by atoms with Gasteiger partial charge < -0.3 is 85.0 Å². The fraction of sp³-hybridized carbons (Fsp3) is 0.586. The Morgan fingerprint density at radius 1 is 0.494 bits per heavy atom. The van der Waals surface area contributed by atoms with Crippen molar-refractivity contribution in [2.24, 2.45) is 5.92 Å². The van der Waals surface area contributed by atoms with Crippen molar-refractivity contribution in [3.05, 3.63) is 98.7 Å². The predicted molar refractivity (Wildman–Crippen MR) is 364 cm³/mol. The maximum absolute atomic E-state index is 11.3. The summed E-state index contributed by atoms with van der Waals surface area (Å²) in [6.45, 7) is 30.0. The van der Waals surface area contributed by atoms with Crippen LogP contribution in [0.2, 0.25) is 0 Å². The van der Waals surface area contributed by atoms with Gasteiger partial charge in [-0.05, 0) is 104 Å². The molecule has 0 saturated carbocycles. The summed E-state index contributed by atoms with van der Waals surface area (Å²) in [6, 6.07) is 0. The average Bonchev–Trinajstić information content (AvgIpc) is 2.84. The topological polar surface area (TPSA) is 256 Å². The lowest BCUT2D eigenvalue weighted by atomic mass is 10.00. The zero-order valence-electron chi connectivity index (χ0n) is 51.0. The largest absolute Gasteiger partial charge is 0.390 e. The van der Waals surface area contributed by atoms with Crippen LogP contribution in [0.25, 0.3) is 0 Å². The molecule has 0 spiro atoms. The summed E-state index contributed by atoms with van der Waals surface area (Å²) in [4.78, 5) is 51.9. The van der Waals surface area contributed by atoms with Gasteiger partial charge in [0.05, 0.1) is 51.5 Å². The van der Waals surface area contributed by atoms with Gasteiger partial charge >= 0.3 is 0 Å². The van der Waals surface area contributed by atoms with Gasteiger partial charge in [-0.3, -0.25) is 19.2 Å². The summed E-state index contributed by atoms with van der Waals surface area (Å²) in [6.07, 6.45) is 30.7. The second-order valence-electron chi connectivity index (χ2n) is 25.1. The Kier molecular flexibility index (Phi) is 26.3. The Balaban J connectivity index is 0.000000207. The van der Waals surface area contributed by atoms with E-state index >= 15 is 0 Å². The molecular formula is C58H94BrIN8O13P4. The van der Waals surface area contributed by atoms with Crippen molar-refractivity contribution < 1.29 is 63.3 Å². The third-order valence-corrected chi connectivity index (χ3v) is 23.1. The van der Waals surface area contributed by atoms with Crippen LogP contribution in [0.4, 0.5) is 0 Å². The predicted octanol–water partition coefficient (Wildman–Crippen LogP) is 4.57. The van der Waals surface area contributed by atoms with E-state index < -0.39 is 64.3 Å². The molecule has 0 aromatic heterocycles. The van der Waals surface area contributed by atoms with Crippen LogP contribution in [0.3, 0.4) is 0 Å². The summed E-state index contributed by atoms with van der Waals surface area (Å²) in [5.74, 6) is 0.951. The van der Waals surface area contributed by atoms with E-state index in [1.54, 1.807) is 51.5 Å². The molecule has 8 rings (SSSR count). The van der Waals surface area contributed by atoms with Gasteiger partial charge in [0.25, 0.3) is 23.6 Å². The zero-order valence-corrected chi connectivity index (χ0v) is 58.3. The number of nitrogens with zero attached hydrogens (tertiary/aromatic N) is 4. The van der Waals surface area contributed by atoms with Crippen molar-refractivity contribution in [2.75, 3.05) is 85.1 Å². The summed E-state index contributed by atoms with van der Waals surface area (Å²) < 4.78 is 29.4. The van der Waals surface area contributed by atoms with E-state index in [4.69, 9.17) is 23.7 Å². The first-order valence-corrected chi connectivity index (χ1v) is 42.4. The van der Waals surface area contributed by atoms with Crippen molar-refractivity contribution in [3.63, 3.8) is 0 Å². The minimum atomic E-state index is -1.18. The van der Waals surface area contributed by atoms with Crippen LogP contribution >= 0.6 is 66.1 Å². The number of ether oxygens (including phenoxy) is 5. The molecule has 8 aliphatic rings. The lowest BCUT2D eigenvalue weighted by Gasteiger charge is -2.33. The van der Waals surface area contributed by atoms with E-state index in [-0.39, 0.29) is 81.4 Å². The molecule has 0 aliphatic carbocycles. The van der Waals surface area contributed by atoms with E-state index in [1.807, 2.05) is 6.92 Å². The number of carbonyl (C=O) groups is 4. The highest BCUT2D eigenvalue weighted by molar-refractivity contribution is 14.1. The Bertz CT molecular complexity index is 2600. The molecule has 4 fully saturated rings. The zero-order chi connectivity index (χ0) is 63.8. The number of halogens is 2. The molecule has 4 amide bonds. The van der Waals surface area contributed by atoms with Gasteiger partial charge in [0.2, 0.25) is 0 Å². The second-order valence-corrected chi connectivity index (χ2v) is 44.9. The number of hydrogen-bond donors (Lipinski definition) is 8. The lowest BCUT2D eigenvalue weighted by Crippen LogP contribution is -2.47. The molecule has 21 nitrogen and oxygen atoms in total. The number of hydrogen-bond acceptors (Lipinski definition) is 17. The first-order valence-electron chi connectivity index (χ1n) is 28.0. The minimum Gasteiger partial charge on any atom is -0.390 e.